The molecule has 0 saturated heterocycles. The van der Waals surface area contributed by atoms with Crippen LogP contribution in [0.4, 0.5) is 0 Å². The van der Waals surface area contributed by atoms with E-state index in [9.17, 15) is 0 Å². The topological polar surface area (TPSA) is 38.0 Å². The SMILES string of the molecule is C#CC(CCC)NC1(CN)CC1. The molecule has 0 bridgehead atoms. The van der Waals surface area contributed by atoms with Gasteiger partial charge in [-0.25, -0.2) is 0 Å². The van der Waals surface area contributed by atoms with Crippen LogP contribution in [0.2, 0.25) is 0 Å². The lowest BCUT2D eigenvalue weighted by molar-refractivity contribution is 0.449. The van der Waals surface area contributed by atoms with Gasteiger partial charge in [-0.1, -0.05) is 19.3 Å². The molecule has 68 valence electrons. The Labute approximate surface area is 74.9 Å². The molecule has 0 aliphatic heterocycles. The molecule has 1 fully saturated rings. The van der Waals surface area contributed by atoms with E-state index < -0.39 is 0 Å². The Balaban J connectivity index is 2.33. The molecule has 0 aromatic carbocycles. The van der Waals surface area contributed by atoms with Crippen LogP contribution >= 0.6 is 0 Å². The third-order valence-electron chi connectivity index (χ3n) is 2.50. The van der Waals surface area contributed by atoms with Crippen molar-refractivity contribution in [1.29, 1.82) is 0 Å². The minimum Gasteiger partial charge on any atom is -0.329 e. The Morgan fingerprint density at radius 2 is 2.33 bits per heavy atom. The molecule has 0 aromatic heterocycles. The minimum atomic E-state index is 0.201. The standard InChI is InChI=1S/C10H18N2/c1-3-5-9(4-2)12-10(8-11)6-7-10/h2,9,12H,3,5-8,11H2,1H3. The Bertz CT molecular complexity index is 177. The predicted octanol–water partition coefficient (Wildman–Crippen LogP) is 0.869. The van der Waals surface area contributed by atoms with Crippen LogP contribution < -0.4 is 11.1 Å². The largest absolute Gasteiger partial charge is 0.329 e. The fraction of sp³-hybridized carbons (Fsp3) is 0.800. The smallest absolute Gasteiger partial charge is 0.0691 e. The summed E-state index contributed by atoms with van der Waals surface area (Å²) in [6.07, 6.45) is 9.95. The summed E-state index contributed by atoms with van der Waals surface area (Å²) in [4.78, 5) is 0. The lowest BCUT2D eigenvalue weighted by atomic mass is 10.1. The van der Waals surface area contributed by atoms with Gasteiger partial charge < -0.3 is 5.73 Å². The molecule has 12 heavy (non-hydrogen) atoms. The molecular formula is C10H18N2. The Hall–Kier alpha value is -0.520. The zero-order valence-electron chi connectivity index (χ0n) is 7.77. The molecule has 2 nitrogen and oxygen atoms in total. The summed E-state index contributed by atoms with van der Waals surface area (Å²) >= 11 is 0. The summed E-state index contributed by atoms with van der Waals surface area (Å²) in [7, 11) is 0. The Morgan fingerprint density at radius 1 is 1.67 bits per heavy atom. The summed E-state index contributed by atoms with van der Waals surface area (Å²) in [5.41, 5.74) is 5.84. The van der Waals surface area contributed by atoms with Gasteiger partial charge in [-0.3, -0.25) is 5.32 Å². The van der Waals surface area contributed by atoms with E-state index in [2.05, 4.69) is 18.2 Å². The van der Waals surface area contributed by atoms with Crippen molar-refractivity contribution in [3.63, 3.8) is 0 Å². The Kier molecular flexibility index (Phi) is 3.13. The van der Waals surface area contributed by atoms with Gasteiger partial charge in [-0.05, 0) is 19.3 Å². The maximum atomic E-state index is 5.64. The molecular weight excluding hydrogens is 148 g/mol. The number of rotatable bonds is 5. The van der Waals surface area contributed by atoms with Crippen molar-refractivity contribution in [2.45, 2.75) is 44.2 Å². The highest BCUT2D eigenvalue weighted by Gasteiger charge is 2.41. The molecule has 1 atom stereocenters. The fourth-order valence-electron chi connectivity index (χ4n) is 1.41. The second-order valence-corrected chi connectivity index (χ2v) is 3.64. The molecule has 2 heteroatoms. The highest BCUT2D eigenvalue weighted by Crippen LogP contribution is 2.34. The minimum absolute atomic E-state index is 0.201. The summed E-state index contributed by atoms with van der Waals surface area (Å²) in [5, 5.41) is 3.44. The van der Waals surface area contributed by atoms with Gasteiger partial charge in [0, 0.05) is 12.1 Å². The average molecular weight is 166 g/mol. The van der Waals surface area contributed by atoms with Gasteiger partial charge in [-0.15, -0.1) is 6.42 Å². The molecule has 0 aromatic rings. The zero-order valence-corrected chi connectivity index (χ0v) is 7.77. The van der Waals surface area contributed by atoms with Crippen LogP contribution in [-0.4, -0.2) is 18.1 Å². The number of terminal acetylenes is 1. The molecule has 0 radical (unpaired) electrons. The van der Waals surface area contributed by atoms with Crippen LogP contribution in [-0.2, 0) is 0 Å². The predicted molar refractivity (Wildman–Crippen MR) is 51.7 cm³/mol. The third-order valence-corrected chi connectivity index (χ3v) is 2.50. The first kappa shape index (κ1) is 9.57. The first-order chi connectivity index (χ1) is 5.76. The molecule has 3 N–H and O–H groups in total. The number of nitrogens with two attached hydrogens (primary N) is 1. The molecule has 0 heterocycles. The second-order valence-electron chi connectivity index (χ2n) is 3.64. The molecule has 1 aliphatic carbocycles. The van der Waals surface area contributed by atoms with Crippen molar-refractivity contribution in [3.05, 3.63) is 0 Å². The number of hydrogen-bond donors (Lipinski definition) is 2. The van der Waals surface area contributed by atoms with Crippen molar-refractivity contribution in [3.8, 4) is 12.3 Å². The van der Waals surface area contributed by atoms with Crippen molar-refractivity contribution in [2.75, 3.05) is 6.54 Å². The first-order valence-electron chi connectivity index (χ1n) is 4.70. The van der Waals surface area contributed by atoms with E-state index in [4.69, 9.17) is 12.2 Å². The van der Waals surface area contributed by atoms with Gasteiger partial charge in [0.2, 0.25) is 0 Å². The van der Waals surface area contributed by atoms with Crippen LogP contribution in [0.15, 0.2) is 0 Å². The average Bonchev–Trinajstić information content (AvgIpc) is 2.85. The van der Waals surface area contributed by atoms with Gasteiger partial charge in [0.05, 0.1) is 6.04 Å². The van der Waals surface area contributed by atoms with Gasteiger partial charge in [0.1, 0.15) is 0 Å². The van der Waals surface area contributed by atoms with Crippen LogP contribution in [0.25, 0.3) is 0 Å². The van der Waals surface area contributed by atoms with E-state index in [0.717, 1.165) is 19.4 Å². The maximum Gasteiger partial charge on any atom is 0.0691 e. The van der Waals surface area contributed by atoms with E-state index >= 15 is 0 Å². The zero-order chi connectivity index (χ0) is 9.03. The summed E-state index contributed by atoms with van der Waals surface area (Å²) < 4.78 is 0. The normalized spacial score (nSPS) is 21.4. The van der Waals surface area contributed by atoms with Gasteiger partial charge in [0.15, 0.2) is 0 Å². The van der Waals surface area contributed by atoms with Gasteiger partial charge >= 0.3 is 0 Å². The summed E-state index contributed by atoms with van der Waals surface area (Å²) in [6.45, 7) is 2.86. The highest BCUT2D eigenvalue weighted by molar-refractivity contribution is 5.10. The molecule has 1 unspecified atom stereocenters. The highest BCUT2D eigenvalue weighted by atomic mass is 15.1. The summed E-state index contributed by atoms with van der Waals surface area (Å²) in [6, 6.07) is 0.223. The Morgan fingerprint density at radius 3 is 2.67 bits per heavy atom. The van der Waals surface area contributed by atoms with Crippen molar-refractivity contribution >= 4 is 0 Å². The van der Waals surface area contributed by atoms with E-state index in [1.807, 2.05) is 0 Å². The second kappa shape index (κ2) is 3.93. The first-order valence-corrected chi connectivity index (χ1v) is 4.70. The summed E-state index contributed by atoms with van der Waals surface area (Å²) in [5.74, 6) is 2.77. The van der Waals surface area contributed by atoms with Gasteiger partial charge in [-0.2, -0.15) is 0 Å². The molecule has 1 aliphatic rings. The van der Waals surface area contributed by atoms with Crippen LogP contribution in [0.3, 0.4) is 0 Å². The van der Waals surface area contributed by atoms with Crippen LogP contribution in [0, 0.1) is 12.3 Å². The number of nitrogens with one attached hydrogen (secondary N) is 1. The van der Waals surface area contributed by atoms with Crippen LogP contribution in [0.5, 0.6) is 0 Å². The van der Waals surface area contributed by atoms with E-state index in [-0.39, 0.29) is 11.6 Å². The monoisotopic (exact) mass is 166 g/mol. The molecule has 1 saturated carbocycles. The quantitative estimate of drug-likeness (QED) is 0.595. The van der Waals surface area contributed by atoms with Gasteiger partial charge in [0.25, 0.3) is 0 Å². The van der Waals surface area contributed by atoms with E-state index in [0.29, 0.717) is 0 Å². The third kappa shape index (κ3) is 2.23. The van der Waals surface area contributed by atoms with Crippen molar-refractivity contribution < 1.29 is 0 Å². The van der Waals surface area contributed by atoms with Crippen molar-refractivity contribution in [2.24, 2.45) is 5.73 Å². The van der Waals surface area contributed by atoms with Crippen molar-refractivity contribution in [1.82, 2.24) is 5.32 Å². The fourth-order valence-corrected chi connectivity index (χ4v) is 1.41. The lowest BCUT2D eigenvalue weighted by Gasteiger charge is -2.19. The maximum absolute atomic E-state index is 5.64. The lowest BCUT2D eigenvalue weighted by Crippen LogP contribution is -2.44. The van der Waals surface area contributed by atoms with E-state index in [1.54, 1.807) is 0 Å². The molecule has 0 amide bonds. The molecule has 1 rings (SSSR count). The van der Waals surface area contributed by atoms with E-state index in [1.165, 1.54) is 12.8 Å². The number of hydrogen-bond acceptors (Lipinski definition) is 2. The van der Waals surface area contributed by atoms with Crippen LogP contribution in [0.1, 0.15) is 32.6 Å². The molecule has 0 spiro atoms.